The van der Waals surface area contributed by atoms with Gasteiger partial charge in [-0.25, -0.2) is 9.18 Å². The number of benzene rings is 1. The maximum Gasteiger partial charge on any atom is 0.337 e. The van der Waals surface area contributed by atoms with Gasteiger partial charge in [-0.15, -0.1) is 0 Å². The number of esters is 1. The highest BCUT2D eigenvalue weighted by molar-refractivity contribution is 5.73. The number of carbonyl (C=O) groups is 1. The zero-order chi connectivity index (χ0) is 9.84. The van der Waals surface area contributed by atoms with Crippen LogP contribution in [0.4, 0.5) is 4.39 Å². The van der Waals surface area contributed by atoms with Crippen LogP contribution in [0, 0.1) is 12.7 Å². The van der Waals surface area contributed by atoms with Crippen molar-refractivity contribution in [3.63, 3.8) is 0 Å². The molecule has 0 aliphatic heterocycles. The normalized spacial score (nSPS) is 9.77. The predicted octanol–water partition coefficient (Wildman–Crippen LogP) is 1.03. The Morgan fingerprint density at radius 3 is 2.85 bits per heavy atom. The molecule has 0 aromatic heterocycles. The summed E-state index contributed by atoms with van der Waals surface area (Å²) in [5.74, 6) is -1.14. The third-order valence-electron chi connectivity index (χ3n) is 1.50. The molecule has 0 aliphatic carbocycles. The lowest BCUT2D eigenvalue weighted by Crippen LogP contribution is -2.12. The number of ether oxygens (including phenoxy) is 1. The van der Waals surface area contributed by atoms with Gasteiger partial charge in [-0.2, -0.15) is 0 Å². The van der Waals surface area contributed by atoms with E-state index in [9.17, 15) is 9.18 Å². The first kappa shape index (κ1) is 9.67. The molecule has 0 saturated heterocycles. The van der Waals surface area contributed by atoms with Crippen molar-refractivity contribution in [1.29, 1.82) is 0 Å². The summed E-state index contributed by atoms with van der Waals surface area (Å²) in [7, 11) is 0. The molecule has 1 rings (SSSR count). The minimum absolute atomic E-state index is 0.0992. The third-order valence-corrected chi connectivity index (χ3v) is 1.50. The molecule has 1 aromatic carbocycles. The second-order valence-electron chi connectivity index (χ2n) is 2.54. The second-order valence-corrected chi connectivity index (χ2v) is 2.54. The van der Waals surface area contributed by atoms with Gasteiger partial charge >= 0.3 is 5.97 Å². The Balaban J connectivity index is 2.79. The van der Waals surface area contributed by atoms with E-state index in [1.807, 2.05) is 0 Å². The van der Waals surface area contributed by atoms with E-state index in [-0.39, 0.29) is 5.75 Å². The van der Waals surface area contributed by atoms with Crippen LogP contribution in [-0.4, -0.2) is 17.7 Å². The van der Waals surface area contributed by atoms with Crippen molar-refractivity contribution in [3.8, 4) is 5.75 Å². The Bertz CT molecular complexity index is 323. The first-order valence-corrected chi connectivity index (χ1v) is 3.71. The highest BCUT2D eigenvalue weighted by atomic mass is 19.1. The fourth-order valence-electron chi connectivity index (χ4n) is 0.801. The Morgan fingerprint density at radius 1 is 1.62 bits per heavy atom. The molecule has 0 heterocycles. The Kier molecular flexibility index (Phi) is 2.97. The van der Waals surface area contributed by atoms with Gasteiger partial charge in [-0.05, 0) is 18.6 Å². The highest BCUT2D eigenvalue weighted by Crippen LogP contribution is 2.15. The largest absolute Gasteiger partial charge is 0.425 e. The van der Waals surface area contributed by atoms with E-state index in [2.05, 4.69) is 4.74 Å². The van der Waals surface area contributed by atoms with Crippen molar-refractivity contribution in [2.75, 3.05) is 6.61 Å². The zero-order valence-corrected chi connectivity index (χ0v) is 7.08. The van der Waals surface area contributed by atoms with Gasteiger partial charge in [-0.1, -0.05) is 6.07 Å². The maximum atomic E-state index is 12.9. The van der Waals surface area contributed by atoms with Gasteiger partial charge in [0.25, 0.3) is 0 Å². The molecule has 0 bridgehead atoms. The first-order valence-electron chi connectivity index (χ1n) is 3.71. The molecular weight excluding hydrogens is 175 g/mol. The zero-order valence-electron chi connectivity index (χ0n) is 7.08. The molecule has 0 spiro atoms. The molecule has 13 heavy (non-hydrogen) atoms. The lowest BCUT2D eigenvalue weighted by Gasteiger charge is -2.02. The van der Waals surface area contributed by atoms with Crippen LogP contribution >= 0.6 is 0 Å². The molecule has 0 saturated carbocycles. The van der Waals surface area contributed by atoms with Crippen LogP contribution in [0.3, 0.4) is 0 Å². The average molecular weight is 184 g/mol. The summed E-state index contributed by atoms with van der Waals surface area (Å²) in [5, 5.41) is 8.35. The van der Waals surface area contributed by atoms with E-state index < -0.39 is 18.4 Å². The van der Waals surface area contributed by atoms with Crippen molar-refractivity contribution in [2.24, 2.45) is 0 Å². The predicted molar refractivity (Wildman–Crippen MR) is 43.9 cm³/mol. The summed E-state index contributed by atoms with van der Waals surface area (Å²) in [6.45, 7) is 0.891. The molecule has 0 atom stereocenters. The molecule has 0 amide bonds. The Labute approximate surface area is 74.8 Å². The van der Waals surface area contributed by atoms with Crippen molar-refractivity contribution >= 4 is 5.97 Å². The Hall–Kier alpha value is -1.42. The summed E-state index contributed by atoms with van der Waals surface area (Å²) in [4.78, 5) is 10.6. The van der Waals surface area contributed by atoms with Crippen LogP contribution in [-0.2, 0) is 4.79 Å². The van der Waals surface area contributed by atoms with Crippen LogP contribution in [0.5, 0.6) is 5.75 Å². The van der Waals surface area contributed by atoms with Gasteiger partial charge in [0.2, 0.25) is 0 Å². The van der Waals surface area contributed by atoms with E-state index in [0.717, 1.165) is 6.07 Å². The van der Waals surface area contributed by atoms with E-state index in [0.29, 0.717) is 5.56 Å². The topological polar surface area (TPSA) is 46.5 Å². The van der Waals surface area contributed by atoms with E-state index in [4.69, 9.17) is 5.11 Å². The van der Waals surface area contributed by atoms with Crippen LogP contribution in [0.25, 0.3) is 0 Å². The summed E-state index contributed by atoms with van der Waals surface area (Å²) < 4.78 is 17.5. The molecular formula is C9H9FO3. The fourth-order valence-corrected chi connectivity index (χ4v) is 0.801. The van der Waals surface area contributed by atoms with E-state index >= 15 is 0 Å². The van der Waals surface area contributed by atoms with E-state index in [1.165, 1.54) is 12.1 Å². The molecule has 70 valence electrons. The summed E-state index contributed by atoms with van der Waals surface area (Å²) >= 11 is 0. The van der Waals surface area contributed by atoms with Crippen LogP contribution in [0.15, 0.2) is 18.2 Å². The fraction of sp³-hybridized carbons (Fsp3) is 0.222. The highest BCUT2D eigenvalue weighted by Gasteiger charge is 2.04. The number of aliphatic hydroxyl groups is 1. The van der Waals surface area contributed by atoms with Gasteiger partial charge in [-0.3, -0.25) is 0 Å². The van der Waals surface area contributed by atoms with Crippen molar-refractivity contribution in [3.05, 3.63) is 29.6 Å². The van der Waals surface area contributed by atoms with Crippen molar-refractivity contribution in [2.45, 2.75) is 6.92 Å². The quantitative estimate of drug-likeness (QED) is 0.551. The first-order chi connectivity index (χ1) is 6.13. The van der Waals surface area contributed by atoms with Crippen LogP contribution in [0.2, 0.25) is 0 Å². The summed E-state index contributed by atoms with van der Waals surface area (Å²) in [6.07, 6.45) is 0. The molecule has 0 unspecified atom stereocenters. The minimum Gasteiger partial charge on any atom is -0.425 e. The lowest BCUT2D eigenvalue weighted by atomic mass is 10.2. The van der Waals surface area contributed by atoms with Gasteiger partial charge in [0.05, 0.1) is 0 Å². The number of carbonyl (C=O) groups excluding carboxylic acids is 1. The Morgan fingerprint density at radius 2 is 2.31 bits per heavy atom. The second kappa shape index (κ2) is 4.00. The summed E-state index contributed by atoms with van der Waals surface area (Å²) in [6, 6.07) is 4.06. The number of aliphatic hydroxyl groups excluding tert-OH is 1. The number of hydrogen-bond donors (Lipinski definition) is 1. The van der Waals surface area contributed by atoms with Crippen molar-refractivity contribution in [1.82, 2.24) is 0 Å². The smallest absolute Gasteiger partial charge is 0.337 e. The minimum atomic E-state index is -0.803. The standard InChI is InChI=1S/C9H9FO3/c1-6-2-3-7(4-8(6)10)13-9(12)5-11/h2-4,11H,5H2,1H3. The summed E-state index contributed by atoms with van der Waals surface area (Å²) in [5.41, 5.74) is 0.476. The number of hydrogen-bond acceptors (Lipinski definition) is 3. The molecule has 1 N–H and O–H groups in total. The third kappa shape index (κ3) is 2.52. The van der Waals surface area contributed by atoms with Gasteiger partial charge in [0, 0.05) is 6.07 Å². The maximum absolute atomic E-state index is 12.9. The van der Waals surface area contributed by atoms with E-state index in [1.54, 1.807) is 6.92 Å². The number of aryl methyl sites for hydroxylation is 1. The van der Waals surface area contributed by atoms with Gasteiger partial charge in [0.1, 0.15) is 18.2 Å². The molecule has 0 radical (unpaired) electrons. The van der Waals surface area contributed by atoms with Gasteiger partial charge in [0.15, 0.2) is 0 Å². The average Bonchev–Trinajstić information content (AvgIpc) is 2.11. The van der Waals surface area contributed by atoms with Crippen LogP contribution < -0.4 is 4.74 Å². The molecule has 4 heteroatoms. The molecule has 0 aliphatic rings. The van der Waals surface area contributed by atoms with Crippen LogP contribution in [0.1, 0.15) is 5.56 Å². The van der Waals surface area contributed by atoms with Crippen molar-refractivity contribution < 1.29 is 19.0 Å². The lowest BCUT2D eigenvalue weighted by molar-refractivity contribution is -0.137. The van der Waals surface area contributed by atoms with Gasteiger partial charge < -0.3 is 9.84 Å². The number of rotatable bonds is 2. The number of halogens is 1. The molecule has 1 aromatic rings. The monoisotopic (exact) mass is 184 g/mol. The molecule has 3 nitrogen and oxygen atoms in total. The molecule has 0 fully saturated rings. The SMILES string of the molecule is Cc1ccc(OC(=O)CO)cc1F.